The van der Waals surface area contributed by atoms with Crippen molar-refractivity contribution in [1.29, 1.82) is 0 Å². The molecule has 1 fully saturated rings. The molecule has 0 unspecified atom stereocenters. The van der Waals surface area contributed by atoms with Gasteiger partial charge in [0.25, 0.3) is 0 Å². The standard InChI is InChI=1S/C12H26N.ClH/c1-3-4-5-6-7-10-13(2)11-8-9-12-13;/h3-12H2,1-2H3;1H/q+1;/p-1. The number of rotatable bonds is 6. The van der Waals surface area contributed by atoms with Gasteiger partial charge in [0.2, 0.25) is 0 Å². The van der Waals surface area contributed by atoms with Gasteiger partial charge in [-0.3, -0.25) is 0 Å². The second-order valence-corrected chi connectivity index (χ2v) is 4.91. The number of likely N-dealkylation sites (tertiary alicyclic amines) is 1. The molecule has 1 aliphatic rings. The Kier molecular flexibility index (Phi) is 7.66. The summed E-state index contributed by atoms with van der Waals surface area (Å²) in [4.78, 5) is 0. The average molecular weight is 220 g/mol. The third kappa shape index (κ3) is 5.21. The molecule has 0 radical (unpaired) electrons. The van der Waals surface area contributed by atoms with Crippen LogP contribution in [0.15, 0.2) is 0 Å². The molecule has 0 spiro atoms. The van der Waals surface area contributed by atoms with Crippen LogP contribution in [0.25, 0.3) is 0 Å². The monoisotopic (exact) mass is 219 g/mol. The minimum atomic E-state index is 0. The molecule has 0 aromatic carbocycles. The number of unbranched alkanes of at least 4 members (excludes halogenated alkanes) is 4. The van der Waals surface area contributed by atoms with Gasteiger partial charge in [0, 0.05) is 12.8 Å². The number of nitrogens with zero attached hydrogens (tertiary/aromatic N) is 1. The smallest absolute Gasteiger partial charge is 0.0786 e. The number of quaternary nitrogens is 1. The van der Waals surface area contributed by atoms with Crippen molar-refractivity contribution in [3.8, 4) is 0 Å². The van der Waals surface area contributed by atoms with E-state index in [9.17, 15) is 0 Å². The summed E-state index contributed by atoms with van der Waals surface area (Å²) in [6, 6.07) is 0. The second kappa shape index (κ2) is 7.53. The lowest BCUT2D eigenvalue weighted by molar-refractivity contribution is -0.897. The van der Waals surface area contributed by atoms with Crippen LogP contribution in [0.1, 0.15) is 51.9 Å². The molecule has 0 aliphatic carbocycles. The van der Waals surface area contributed by atoms with Gasteiger partial charge in [0.1, 0.15) is 0 Å². The summed E-state index contributed by atoms with van der Waals surface area (Å²) in [6.07, 6.45) is 10.1. The van der Waals surface area contributed by atoms with Gasteiger partial charge in [-0.05, 0) is 12.8 Å². The Morgan fingerprint density at radius 3 is 2.07 bits per heavy atom. The number of hydrogen-bond donors (Lipinski definition) is 0. The van der Waals surface area contributed by atoms with E-state index >= 15 is 0 Å². The molecule has 0 N–H and O–H groups in total. The van der Waals surface area contributed by atoms with Gasteiger partial charge < -0.3 is 16.9 Å². The van der Waals surface area contributed by atoms with E-state index in [-0.39, 0.29) is 12.4 Å². The predicted octanol–water partition coefficient (Wildman–Crippen LogP) is 0.201. The SMILES string of the molecule is CCCCCCC[N+]1(C)CCCC1.[Cl-]. The summed E-state index contributed by atoms with van der Waals surface area (Å²) in [6.45, 7) is 6.60. The Morgan fingerprint density at radius 2 is 1.50 bits per heavy atom. The van der Waals surface area contributed by atoms with Gasteiger partial charge in [-0.1, -0.05) is 26.2 Å². The van der Waals surface area contributed by atoms with Crippen molar-refractivity contribution in [2.24, 2.45) is 0 Å². The van der Waals surface area contributed by atoms with Gasteiger partial charge in [-0.25, -0.2) is 0 Å². The molecule has 14 heavy (non-hydrogen) atoms. The topological polar surface area (TPSA) is 0 Å². The highest BCUT2D eigenvalue weighted by atomic mass is 35.5. The number of hydrogen-bond acceptors (Lipinski definition) is 0. The van der Waals surface area contributed by atoms with E-state index in [1.165, 1.54) is 69.1 Å². The summed E-state index contributed by atoms with van der Waals surface area (Å²) in [5, 5.41) is 0. The van der Waals surface area contributed by atoms with Gasteiger partial charge in [-0.15, -0.1) is 0 Å². The maximum absolute atomic E-state index is 2.44. The van der Waals surface area contributed by atoms with E-state index in [2.05, 4.69) is 14.0 Å². The average Bonchev–Trinajstić information content (AvgIpc) is 2.53. The number of halogens is 1. The Bertz CT molecular complexity index is 130. The molecular formula is C12H26ClN. The van der Waals surface area contributed by atoms with Gasteiger partial charge in [0.05, 0.1) is 26.7 Å². The van der Waals surface area contributed by atoms with Crippen molar-refractivity contribution < 1.29 is 16.9 Å². The fourth-order valence-electron chi connectivity index (χ4n) is 2.42. The molecule has 0 saturated carbocycles. The van der Waals surface area contributed by atoms with Crippen LogP contribution in [0, 0.1) is 0 Å². The zero-order valence-corrected chi connectivity index (χ0v) is 10.7. The molecule has 0 bridgehead atoms. The molecule has 1 nitrogen and oxygen atoms in total. The van der Waals surface area contributed by atoms with E-state index in [4.69, 9.17) is 0 Å². The third-order valence-electron chi connectivity index (χ3n) is 3.45. The zero-order valence-electron chi connectivity index (χ0n) is 9.90. The van der Waals surface area contributed by atoms with Gasteiger partial charge >= 0.3 is 0 Å². The molecule has 86 valence electrons. The Hall–Kier alpha value is 0.250. The molecule has 1 saturated heterocycles. The summed E-state index contributed by atoms with van der Waals surface area (Å²) in [5.41, 5.74) is 0. The molecule has 0 atom stereocenters. The lowest BCUT2D eigenvalue weighted by atomic mass is 10.1. The first kappa shape index (κ1) is 14.2. The van der Waals surface area contributed by atoms with Crippen LogP contribution in [0.2, 0.25) is 0 Å². The maximum Gasteiger partial charge on any atom is 0.0786 e. The maximum atomic E-state index is 2.44. The lowest BCUT2D eigenvalue weighted by Crippen LogP contribution is -3.00. The summed E-state index contributed by atoms with van der Waals surface area (Å²) in [5.74, 6) is 0. The van der Waals surface area contributed by atoms with Crippen molar-refractivity contribution in [3.05, 3.63) is 0 Å². The van der Waals surface area contributed by atoms with Crippen LogP contribution in [-0.4, -0.2) is 31.2 Å². The van der Waals surface area contributed by atoms with Crippen molar-refractivity contribution in [2.75, 3.05) is 26.7 Å². The van der Waals surface area contributed by atoms with E-state index in [1.807, 2.05) is 0 Å². The fourth-order valence-corrected chi connectivity index (χ4v) is 2.42. The first-order valence-electron chi connectivity index (χ1n) is 6.10. The molecule has 2 heteroatoms. The van der Waals surface area contributed by atoms with Crippen molar-refractivity contribution in [3.63, 3.8) is 0 Å². The first-order chi connectivity index (χ1) is 6.27. The van der Waals surface area contributed by atoms with E-state index in [1.54, 1.807) is 0 Å². The van der Waals surface area contributed by atoms with E-state index < -0.39 is 0 Å². The van der Waals surface area contributed by atoms with Crippen molar-refractivity contribution in [2.45, 2.75) is 51.9 Å². The molecular weight excluding hydrogens is 194 g/mol. The van der Waals surface area contributed by atoms with Crippen LogP contribution in [-0.2, 0) is 0 Å². The summed E-state index contributed by atoms with van der Waals surface area (Å²) < 4.78 is 1.37. The molecule has 0 amide bonds. The van der Waals surface area contributed by atoms with Crippen LogP contribution in [0.4, 0.5) is 0 Å². The van der Waals surface area contributed by atoms with Gasteiger partial charge in [-0.2, -0.15) is 0 Å². The van der Waals surface area contributed by atoms with E-state index in [0.29, 0.717) is 0 Å². The largest absolute Gasteiger partial charge is 1.00 e. The minimum Gasteiger partial charge on any atom is -1.00 e. The Labute approximate surface area is 95.9 Å². The molecule has 1 rings (SSSR count). The predicted molar refractivity (Wildman–Crippen MR) is 58.8 cm³/mol. The Morgan fingerprint density at radius 1 is 0.929 bits per heavy atom. The fraction of sp³-hybridized carbons (Fsp3) is 1.00. The summed E-state index contributed by atoms with van der Waals surface area (Å²) >= 11 is 0. The third-order valence-corrected chi connectivity index (χ3v) is 3.45. The van der Waals surface area contributed by atoms with Crippen LogP contribution in [0.3, 0.4) is 0 Å². The van der Waals surface area contributed by atoms with E-state index in [0.717, 1.165) is 0 Å². The molecule has 1 heterocycles. The molecule has 0 aromatic heterocycles. The quantitative estimate of drug-likeness (QED) is 0.443. The highest BCUT2D eigenvalue weighted by Gasteiger charge is 2.25. The normalized spacial score (nSPS) is 19.3. The van der Waals surface area contributed by atoms with Crippen molar-refractivity contribution >= 4 is 0 Å². The molecule has 0 aromatic rings. The highest BCUT2D eigenvalue weighted by Crippen LogP contribution is 2.17. The second-order valence-electron chi connectivity index (χ2n) is 4.91. The lowest BCUT2D eigenvalue weighted by Gasteiger charge is -2.29. The molecule has 1 aliphatic heterocycles. The Balaban J connectivity index is 0.00000169. The van der Waals surface area contributed by atoms with Crippen LogP contribution in [0.5, 0.6) is 0 Å². The van der Waals surface area contributed by atoms with Gasteiger partial charge in [0.15, 0.2) is 0 Å². The van der Waals surface area contributed by atoms with Crippen molar-refractivity contribution in [1.82, 2.24) is 0 Å². The minimum absolute atomic E-state index is 0. The summed E-state index contributed by atoms with van der Waals surface area (Å²) in [7, 11) is 2.44. The van der Waals surface area contributed by atoms with Crippen LogP contribution >= 0.6 is 0 Å². The first-order valence-corrected chi connectivity index (χ1v) is 6.10. The highest BCUT2D eigenvalue weighted by molar-refractivity contribution is 4.52. The zero-order chi connectivity index (χ0) is 9.57. The van der Waals surface area contributed by atoms with Crippen LogP contribution < -0.4 is 12.4 Å².